The number of carbonyl (C=O) groups is 1. The van der Waals surface area contributed by atoms with Gasteiger partial charge in [0.2, 0.25) is 0 Å². The average Bonchev–Trinajstić information content (AvgIpc) is 3.06. The van der Waals surface area contributed by atoms with Crippen LogP contribution >= 0.6 is 0 Å². The van der Waals surface area contributed by atoms with Gasteiger partial charge >= 0.3 is 0 Å². The lowest BCUT2D eigenvalue weighted by atomic mass is 10.1. The molecule has 2 N–H and O–H groups in total. The molecule has 1 aliphatic rings. The van der Waals surface area contributed by atoms with Crippen LogP contribution in [0, 0.1) is 0 Å². The van der Waals surface area contributed by atoms with E-state index >= 15 is 0 Å². The Morgan fingerprint density at radius 1 is 1.19 bits per heavy atom. The molecular formula is C19H29N5O2. The summed E-state index contributed by atoms with van der Waals surface area (Å²) in [6.45, 7) is 5.28. The highest BCUT2D eigenvalue weighted by atomic mass is 16.5. The minimum Gasteiger partial charge on any atom is -0.494 e. The number of rotatable bonds is 8. The van der Waals surface area contributed by atoms with Crippen molar-refractivity contribution < 1.29 is 9.53 Å². The fraction of sp³-hybridized carbons (Fsp3) is 0.579. The number of para-hydroxylation sites is 1. The zero-order valence-corrected chi connectivity index (χ0v) is 15.8. The molecule has 3 rings (SSSR count). The monoisotopic (exact) mass is 359 g/mol. The molecule has 0 saturated carbocycles. The van der Waals surface area contributed by atoms with Crippen molar-refractivity contribution in [1.82, 2.24) is 25.3 Å². The Morgan fingerprint density at radius 3 is 2.73 bits per heavy atom. The van der Waals surface area contributed by atoms with Gasteiger partial charge in [0, 0.05) is 25.0 Å². The summed E-state index contributed by atoms with van der Waals surface area (Å²) in [5.74, 6) is 0.609. The summed E-state index contributed by atoms with van der Waals surface area (Å²) < 4.78 is 7.46. The van der Waals surface area contributed by atoms with Crippen LogP contribution in [0.2, 0.25) is 0 Å². The lowest BCUT2D eigenvalue weighted by Gasteiger charge is -2.26. The molecule has 1 aromatic heterocycles. The number of fused-ring (bicyclic) bond motifs is 1. The van der Waals surface area contributed by atoms with E-state index in [0.29, 0.717) is 12.2 Å². The Hall–Kier alpha value is -2.12. The lowest BCUT2D eigenvalue weighted by Crippen LogP contribution is -2.33. The highest BCUT2D eigenvalue weighted by molar-refractivity contribution is 6.06. The number of nitrogens with zero attached hydrogens (tertiary/aromatic N) is 3. The second-order valence-corrected chi connectivity index (χ2v) is 6.69. The summed E-state index contributed by atoms with van der Waals surface area (Å²) in [7, 11) is 3.52. The zero-order valence-electron chi connectivity index (χ0n) is 15.8. The molecule has 1 aliphatic heterocycles. The SMILES string of the molecule is CNCCNC(=O)c1nn(CCN2CCCCC2)c2c(OC)cccc12. The van der Waals surface area contributed by atoms with Gasteiger partial charge < -0.3 is 20.3 Å². The van der Waals surface area contributed by atoms with E-state index in [2.05, 4.69) is 20.6 Å². The predicted molar refractivity (Wildman–Crippen MR) is 103 cm³/mol. The maximum absolute atomic E-state index is 12.6. The number of likely N-dealkylation sites (tertiary alicyclic amines) is 1. The topological polar surface area (TPSA) is 71.4 Å². The van der Waals surface area contributed by atoms with Crippen LogP contribution in [0.1, 0.15) is 29.8 Å². The standard InChI is InChI=1S/C19H29N5O2/c1-20-9-10-21-19(25)17-15-7-6-8-16(26-2)18(15)24(22-17)14-13-23-11-4-3-5-12-23/h6-8,20H,3-5,9-14H2,1-2H3,(H,21,25). The minimum atomic E-state index is -0.143. The zero-order chi connectivity index (χ0) is 18.4. The van der Waals surface area contributed by atoms with Crippen molar-refractivity contribution in [2.75, 3.05) is 46.9 Å². The van der Waals surface area contributed by atoms with Crippen molar-refractivity contribution in [3.63, 3.8) is 0 Å². The van der Waals surface area contributed by atoms with Crippen LogP contribution in [-0.4, -0.2) is 67.5 Å². The van der Waals surface area contributed by atoms with Gasteiger partial charge in [-0.1, -0.05) is 18.6 Å². The molecule has 2 aromatic rings. The fourth-order valence-corrected chi connectivity index (χ4v) is 3.50. The third-order valence-electron chi connectivity index (χ3n) is 4.91. The number of hydrogen-bond donors (Lipinski definition) is 2. The highest BCUT2D eigenvalue weighted by Gasteiger charge is 2.20. The first kappa shape index (κ1) is 18.7. The summed E-state index contributed by atoms with van der Waals surface area (Å²) in [6.07, 6.45) is 3.86. The molecule has 1 saturated heterocycles. The summed E-state index contributed by atoms with van der Waals surface area (Å²) >= 11 is 0. The minimum absolute atomic E-state index is 0.143. The van der Waals surface area contributed by atoms with Gasteiger partial charge in [0.1, 0.15) is 11.3 Å². The van der Waals surface area contributed by atoms with Crippen LogP contribution in [0.25, 0.3) is 10.9 Å². The Morgan fingerprint density at radius 2 is 2.00 bits per heavy atom. The first-order valence-corrected chi connectivity index (χ1v) is 9.43. The molecule has 0 spiro atoms. The first-order valence-electron chi connectivity index (χ1n) is 9.43. The van der Waals surface area contributed by atoms with E-state index in [9.17, 15) is 4.79 Å². The number of piperidine rings is 1. The highest BCUT2D eigenvalue weighted by Crippen LogP contribution is 2.28. The number of hydrogen-bond acceptors (Lipinski definition) is 5. The second-order valence-electron chi connectivity index (χ2n) is 6.69. The van der Waals surface area contributed by atoms with Crippen molar-refractivity contribution in [2.45, 2.75) is 25.8 Å². The van der Waals surface area contributed by atoms with Crippen LogP contribution in [-0.2, 0) is 6.54 Å². The fourth-order valence-electron chi connectivity index (χ4n) is 3.50. The molecule has 0 radical (unpaired) electrons. The normalized spacial score (nSPS) is 15.3. The Labute approximate surface area is 154 Å². The average molecular weight is 359 g/mol. The number of carbonyl (C=O) groups excluding carboxylic acids is 1. The van der Waals surface area contributed by atoms with Gasteiger partial charge in [0.25, 0.3) is 5.91 Å². The number of amides is 1. The largest absolute Gasteiger partial charge is 0.494 e. The first-order chi connectivity index (χ1) is 12.7. The molecule has 26 heavy (non-hydrogen) atoms. The van der Waals surface area contributed by atoms with Crippen LogP contribution in [0.3, 0.4) is 0 Å². The number of nitrogens with one attached hydrogen (secondary N) is 2. The number of likely N-dealkylation sites (N-methyl/N-ethyl adjacent to an activating group) is 1. The van der Waals surface area contributed by atoms with E-state index < -0.39 is 0 Å². The van der Waals surface area contributed by atoms with E-state index in [-0.39, 0.29) is 5.91 Å². The number of methoxy groups -OCH3 is 1. The van der Waals surface area contributed by atoms with Gasteiger partial charge in [0.05, 0.1) is 13.7 Å². The molecule has 142 valence electrons. The van der Waals surface area contributed by atoms with Crippen LogP contribution < -0.4 is 15.4 Å². The second kappa shape index (κ2) is 9.00. The van der Waals surface area contributed by atoms with Gasteiger partial charge in [-0.25, -0.2) is 0 Å². The number of ether oxygens (including phenoxy) is 1. The van der Waals surface area contributed by atoms with Gasteiger partial charge in [-0.15, -0.1) is 0 Å². The van der Waals surface area contributed by atoms with Gasteiger partial charge in [0.15, 0.2) is 5.69 Å². The van der Waals surface area contributed by atoms with Crippen molar-refractivity contribution in [3.05, 3.63) is 23.9 Å². The molecule has 2 heterocycles. The van der Waals surface area contributed by atoms with Gasteiger partial charge in [-0.2, -0.15) is 5.10 Å². The molecule has 1 amide bonds. The molecule has 0 aliphatic carbocycles. The van der Waals surface area contributed by atoms with Crippen LogP contribution in [0.5, 0.6) is 5.75 Å². The number of benzene rings is 1. The van der Waals surface area contributed by atoms with Gasteiger partial charge in [-0.3, -0.25) is 9.48 Å². The molecule has 0 atom stereocenters. The van der Waals surface area contributed by atoms with Crippen molar-refractivity contribution >= 4 is 16.8 Å². The van der Waals surface area contributed by atoms with Crippen molar-refractivity contribution in [3.8, 4) is 5.75 Å². The van der Waals surface area contributed by atoms with E-state index in [4.69, 9.17) is 4.74 Å². The maximum atomic E-state index is 12.6. The summed E-state index contributed by atoms with van der Waals surface area (Å²) in [5, 5.41) is 11.4. The van der Waals surface area contributed by atoms with Crippen LogP contribution in [0.4, 0.5) is 0 Å². The molecule has 0 unspecified atom stereocenters. The molecule has 7 nitrogen and oxygen atoms in total. The van der Waals surface area contributed by atoms with E-state index in [1.54, 1.807) is 7.11 Å². The van der Waals surface area contributed by atoms with Crippen molar-refractivity contribution in [2.24, 2.45) is 0 Å². The van der Waals surface area contributed by atoms with E-state index in [1.165, 1.54) is 19.3 Å². The third-order valence-corrected chi connectivity index (χ3v) is 4.91. The maximum Gasteiger partial charge on any atom is 0.272 e. The predicted octanol–water partition coefficient (Wildman–Crippen LogP) is 1.48. The summed E-state index contributed by atoms with van der Waals surface area (Å²) in [5.41, 5.74) is 1.36. The molecule has 7 heteroatoms. The summed E-state index contributed by atoms with van der Waals surface area (Å²) in [4.78, 5) is 15.1. The smallest absolute Gasteiger partial charge is 0.272 e. The van der Waals surface area contributed by atoms with E-state index in [0.717, 1.165) is 49.4 Å². The number of aromatic nitrogens is 2. The molecule has 1 fully saturated rings. The van der Waals surface area contributed by atoms with Gasteiger partial charge in [-0.05, 0) is 39.0 Å². The molecule has 1 aromatic carbocycles. The Balaban J connectivity index is 1.84. The van der Waals surface area contributed by atoms with Crippen LogP contribution in [0.15, 0.2) is 18.2 Å². The third kappa shape index (κ3) is 4.16. The van der Waals surface area contributed by atoms with E-state index in [1.807, 2.05) is 29.9 Å². The van der Waals surface area contributed by atoms with Crippen molar-refractivity contribution in [1.29, 1.82) is 0 Å². The molecule has 0 bridgehead atoms. The lowest BCUT2D eigenvalue weighted by molar-refractivity contribution is 0.0949. The summed E-state index contributed by atoms with van der Waals surface area (Å²) in [6, 6.07) is 5.77. The molecular weight excluding hydrogens is 330 g/mol. The Bertz CT molecular complexity index is 737. The Kier molecular flexibility index (Phi) is 6.46. The quantitative estimate of drug-likeness (QED) is 0.699.